The largest absolute Gasteiger partial charge is 0.497 e. The standard InChI is InChI=1S/C24H19BrN2O2/c1-28-20-13-8-17(9-14-20)10-15-23-24(27-22-5-3-2-4-21(22)26-23)29-16-18-6-11-19(25)12-7-18/h2-15H,16H2,1H3. The highest BCUT2D eigenvalue weighted by molar-refractivity contribution is 9.10. The number of halogens is 1. The smallest absolute Gasteiger partial charge is 0.240 e. The zero-order chi connectivity index (χ0) is 20.1. The van der Waals surface area contributed by atoms with Gasteiger partial charge < -0.3 is 9.47 Å². The first-order chi connectivity index (χ1) is 14.2. The van der Waals surface area contributed by atoms with Gasteiger partial charge in [-0.05, 0) is 53.6 Å². The van der Waals surface area contributed by atoms with E-state index >= 15 is 0 Å². The predicted octanol–water partition coefficient (Wildman–Crippen LogP) is 6.15. The Bertz CT molecular complexity index is 1140. The van der Waals surface area contributed by atoms with Gasteiger partial charge in [-0.2, -0.15) is 0 Å². The molecule has 0 N–H and O–H groups in total. The highest BCUT2D eigenvalue weighted by Crippen LogP contribution is 2.23. The average molecular weight is 447 g/mol. The third-order valence-corrected chi connectivity index (χ3v) is 4.93. The number of aromatic nitrogens is 2. The van der Waals surface area contributed by atoms with E-state index in [2.05, 4.69) is 20.9 Å². The molecule has 144 valence electrons. The van der Waals surface area contributed by atoms with Crippen LogP contribution in [0.3, 0.4) is 0 Å². The topological polar surface area (TPSA) is 44.2 Å². The minimum atomic E-state index is 0.420. The molecule has 3 aromatic carbocycles. The molecule has 0 unspecified atom stereocenters. The van der Waals surface area contributed by atoms with Crippen LogP contribution < -0.4 is 9.47 Å². The molecule has 0 fully saturated rings. The van der Waals surface area contributed by atoms with Gasteiger partial charge in [-0.3, -0.25) is 0 Å². The van der Waals surface area contributed by atoms with Crippen LogP contribution in [0, 0.1) is 0 Å². The maximum Gasteiger partial charge on any atom is 0.240 e. The summed E-state index contributed by atoms with van der Waals surface area (Å²) in [6.07, 6.45) is 3.92. The molecule has 0 spiro atoms. The van der Waals surface area contributed by atoms with Crippen LogP contribution in [0.1, 0.15) is 16.8 Å². The number of fused-ring (bicyclic) bond motifs is 1. The van der Waals surface area contributed by atoms with Crippen molar-refractivity contribution in [2.45, 2.75) is 6.61 Å². The fourth-order valence-corrected chi connectivity index (χ4v) is 3.10. The van der Waals surface area contributed by atoms with Crippen LogP contribution in [0.25, 0.3) is 23.2 Å². The molecule has 4 nitrogen and oxygen atoms in total. The molecule has 0 aliphatic rings. The Morgan fingerprint density at radius 2 is 1.52 bits per heavy atom. The van der Waals surface area contributed by atoms with Crippen LogP contribution in [-0.2, 0) is 6.61 Å². The molecular weight excluding hydrogens is 428 g/mol. The molecule has 29 heavy (non-hydrogen) atoms. The molecule has 1 heterocycles. The van der Waals surface area contributed by atoms with E-state index in [-0.39, 0.29) is 0 Å². The summed E-state index contributed by atoms with van der Waals surface area (Å²) in [4.78, 5) is 9.43. The number of para-hydroxylation sites is 2. The zero-order valence-electron chi connectivity index (χ0n) is 15.9. The number of methoxy groups -OCH3 is 1. The Labute approximate surface area is 178 Å². The highest BCUT2D eigenvalue weighted by Gasteiger charge is 2.08. The van der Waals surface area contributed by atoms with E-state index in [0.717, 1.165) is 32.4 Å². The molecule has 4 rings (SSSR count). The van der Waals surface area contributed by atoms with E-state index in [1.807, 2.05) is 84.9 Å². The third kappa shape index (κ3) is 4.81. The lowest BCUT2D eigenvalue weighted by molar-refractivity contribution is 0.293. The molecular formula is C24H19BrN2O2. The summed E-state index contributed by atoms with van der Waals surface area (Å²) in [6.45, 7) is 0.420. The number of benzene rings is 3. The average Bonchev–Trinajstić information content (AvgIpc) is 2.77. The zero-order valence-corrected chi connectivity index (χ0v) is 17.5. The highest BCUT2D eigenvalue weighted by atomic mass is 79.9. The van der Waals surface area contributed by atoms with Gasteiger partial charge in [0.25, 0.3) is 0 Å². The van der Waals surface area contributed by atoms with Crippen molar-refractivity contribution >= 4 is 39.1 Å². The molecule has 4 aromatic rings. The fraction of sp³-hybridized carbons (Fsp3) is 0.0833. The lowest BCUT2D eigenvalue weighted by Crippen LogP contribution is -2.01. The van der Waals surface area contributed by atoms with Gasteiger partial charge >= 0.3 is 0 Å². The van der Waals surface area contributed by atoms with E-state index in [0.29, 0.717) is 18.2 Å². The first-order valence-corrected chi connectivity index (χ1v) is 9.97. The molecule has 0 bridgehead atoms. The molecule has 5 heteroatoms. The monoisotopic (exact) mass is 446 g/mol. The van der Waals surface area contributed by atoms with Crippen LogP contribution in [-0.4, -0.2) is 17.1 Å². The van der Waals surface area contributed by atoms with Gasteiger partial charge in [0.2, 0.25) is 5.88 Å². The maximum absolute atomic E-state index is 6.04. The van der Waals surface area contributed by atoms with E-state index < -0.39 is 0 Å². The van der Waals surface area contributed by atoms with E-state index in [4.69, 9.17) is 14.5 Å². The van der Waals surface area contributed by atoms with Crippen molar-refractivity contribution in [1.29, 1.82) is 0 Å². The normalized spacial score (nSPS) is 11.1. The maximum atomic E-state index is 6.04. The van der Waals surface area contributed by atoms with Gasteiger partial charge in [0, 0.05) is 4.47 Å². The SMILES string of the molecule is COc1ccc(C=Cc2nc3ccccc3nc2OCc2ccc(Br)cc2)cc1. The Morgan fingerprint density at radius 3 is 2.21 bits per heavy atom. The molecule has 0 radical (unpaired) electrons. The van der Waals surface area contributed by atoms with Crippen molar-refractivity contribution in [3.05, 3.63) is 94.1 Å². The van der Waals surface area contributed by atoms with Gasteiger partial charge in [-0.25, -0.2) is 9.97 Å². The second-order valence-corrected chi connectivity index (χ2v) is 7.34. The van der Waals surface area contributed by atoms with E-state index in [9.17, 15) is 0 Å². The van der Waals surface area contributed by atoms with Crippen molar-refractivity contribution in [1.82, 2.24) is 9.97 Å². The first-order valence-electron chi connectivity index (χ1n) is 9.17. The molecule has 0 amide bonds. The summed E-state index contributed by atoms with van der Waals surface area (Å²) in [6, 6.07) is 23.7. The minimum Gasteiger partial charge on any atom is -0.497 e. The fourth-order valence-electron chi connectivity index (χ4n) is 2.83. The summed E-state index contributed by atoms with van der Waals surface area (Å²) < 4.78 is 12.3. The molecule has 1 aromatic heterocycles. The number of nitrogens with zero attached hydrogens (tertiary/aromatic N) is 2. The number of hydrogen-bond donors (Lipinski definition) is 0. The Morgan fingerprint density at radius 1 is 0.828 bits per heavy atom. The van der Waals surface area contributed by atoms with Gasteiger partial charge in [0.05, 0.1) is 18.1 Å². The van der Waals surface area contributed by atoms with Crippen molar-refractivity contribution in [3.8, 4) is 11.6 Å². The van der Waals surface area contributed by atoms with Crippen LogP contribution in [0.4, 0.5) is 0 Å². The van der Waals surface area contributed by atoms with Gasteiger partial charge in [-0.15, -0.1) is 0 Å². The van der Waals surface area contributed by atoms with Crippen LogP contribution in [0.2, 0.25) is 0 Å². The second-order valence-electron chi connectivity index (χ2n) is 6.42. The molecule has 0 saturated heterocycles. The predicted molar refractivity (Wildman–Crippen MR) is 120 cm³/mol. The summed E-state index contributed by atoms with van der Waals surface area (Å²) in [7, 11) is 1.66. The number of rotatable bonds is 6. The first kappa shape index (κ1) is 19.2. The summed E-state index contributed by atoms with van der Waals surface area (Å²) in [5, 5.41) is 0. The third-order valence-electron chi connectivity index (χ3n) is 4.40. The van der Waals surface area contributed by atoms with Crippen LogP contribution >= 0.6 is 15.9 Å². The number of ether oxygens (including phenoxy) is 2. The quantitative estimate of drug-likeness (QED) is 0.356. The van der Waals surface area contributed by atoms with E-state index in [1.54, 1.807) is 7.11 Å². The van der Waals surface area contributed by atoms with Crippen molar-refractivity contribution < 1.29 is 9.47 Å². The van der Waals surface area contributed by atoms with E-state index in [1.165, 1.54) is 0 Å². The summed E-state index contributed by atoms with van der Waals surface area (Å²) in [5.41, 5.74) is 4.43. The molecule has 0 saturated carbocycles. The van der Waals surface area contributed by atoms with Crippen molar-refractivity contribution in [2.24, 2.45) is 0 Å². The Hall–Kier alpha value is -3.18. The second kappa shape index (κ2) is 8.88. The summed E-state index contributed by atoms with van der Waals surface area (Å²) >= 11 is 3.45. The van der Waals surface area contributed by atoms with Gasteiger partial charge in [0.1, 0.15) is 18.1 Å². The molecule has 0 aliphatic heterocycles. The van der Waals surface area contributed by atoms with Crippen molar-refractivity contribution in [2.75, 3.05) is 7.11 Å². The summed E-state index contributed by atoms with van der Waals surface area (Å²) in [5.74, 6) is 1.34. The molecule has 0 atom stereocenters. The number of hydrogen-bond acceptors (Lipinski definition) is 4. The van der Waals surface area contributed by atoms with Crippen LogP contribution in [0.15, 0.2) is 77.3 Å². The lowest BCUT2D eigenvalue weighted by atomic mass is 10.2. The Balaban J connectivity index is 1.63. The van der Waals surface area contributed by atoms with Crippen molar-refractivity contribution in [3.63, 3.8) is 0 Å². The minimum absolute atomic E-state index is 0.420. The van der Waals surface area contributed by atoms with Gasteiger partial charge in [0.15, 0.2) is 0 Å². The Kier molecular flexibility index (Phi) is 5.86. The van der Waals surface area contributed by atoms with Crippen LogP contribution in [0.5, 0.6) is 11.6 Å². The van der Waals surface area contributed by atoms with Gasteiger partial charge in [-0.1, -0.05) is 58.4 Å². The molecule has 0 aliphatic carbocycles. The lowest BCUT2D eigenvalue weighted by Gasteiger charge is -2.09.